The predicted octanol–water partition coefficient (Wildman–Crippen LogP) is 3.48. The monoisotopic (exact) mass is 498 g/mol. The zero-order chi connectivity index (χ0) is 25.7. The minimum atomic E-state index is -0.610. The average molecular weight is 499 g/mol. The number of nitrogens with one attached hydrogen (secondary N) is 1. The number of ether oxygens (including phenoxy) is 1. The van der Waals surface area contributed by atoms with Gasteiger partial charge < -0.3 is 24.5 Å². The number of aliphatic hydroxyl groups is 1. The number of unbranched alkanes of at least 4 members (excludes halogenated alkanes) is 1. The van der Waals surface area contributed by atoms with Crippen molar-refractivity contribution in [2.75, 3.05) is 26.2 Å². The Morgan fingerprint density at radius 2 is 2.11 bits per heavy atom. The molecule has 1 aliphatic heterocycles. The first kappa shape index (κ1) is 26.2. The van der Waals surface area contributed by atoms with Gasteiger partial charge in [0.15, 0.2) is 6.61 Å². The molecular formula is C28H38N2O6. The number of hydrogen-bond acceptors (Lipinski definition) is 6. The van der Waals surface area contributed by atoms with Gasteiger partial charge in [-0.1, -0.05) is 26.2 Å². The number of rotatable bonds is 9. The molecule has 2 fully saturated rings. The second-order valence-corrected chi connectivity index (χ2v) is 10.3. The van der Waals surface area contributed by atoms with Crippen LogP contribution in [0.15, 0.2) is 27.4 Å². The van der Waals surface area contributed by atoms with Gasteiger partial charge in [-0.05, 0) is 56.7 Å². The van der Waals surface area contributed by atoms with Gasteiger partial charge in [0, 0.05) is 49.0 Å². The van der Waals surface area contributed by atoms with Gasteiger partial charge in [0.25, 0.3) is 5.91 Å². The summed E-state index contributed by atoms with van der Waals surface area (Å²) < 4.78 is 11.2. The van der Waals surface area contributed by atoms with Crippen molar-refractivity contribution in [3.05, 3.63) is 39.7 Å². The van der Waals surface area contributed by atoms with Crippen LogP contribution in [-0.2, 0) is 16.0 Å². The van der Waals surface area contributed by atoms with Crippen LogP contribution >= 0.6 is 0 Å². The van der Waals surface area contributed by atoms with Crippen molar-refractivity contribution in [1.29, 1.82) is 0 Å². The molecule has 1 saturated carbocycles. The Morgan fingerprint density at radius 1 is 1.28 bits per heavy atom. The zero-order valence-corrected chi connectivity index (χ0v) is 21.4. The number of benzene rings is 1. The molecule has 1 aromatic carbocycles. The van der Waals surface area contributed by atoms with Crippen LogP contribution in [0.4, 0.5) is 0 Å². The number of nitrogens with zero attached hydrogens (tertiary/aromatic N) is 1. The van der Waals surface area contributed by atoms with E-state index < -0.39 is 11.2 Å². The highest BCUT2D eigenvalue weighted by Gasteiger charge is 2.43. The molecule has 196 valence electrons. The number of carbonyl (C=O) groups is 2. The third-order valence-corrected chi connectivity index (χ3v) is 7.80. The Kier molecular flexibility index (Phi) is 8.34. The van der Waals surface area contributed by atoms with Crippen LogP contribution < -0.4 is 15.7 Å². The van der Waals surface area contributed by atoms with Gasteiger partial charge in [-0.3, -0.25) is 9.59 Å². The Labute approximate surface area is 212 Å². The summed E-state index contributed by atoms with van der Waals surface area (Å²) >= 11 is 0. The first-order chi connectivity index (χ1) is 17.3. The standard InChI is InChI=1S/C28H38N2O6/c1-3-4-7-20-16-26(33)36-27-19(2)23(10-9-22(20)27)35-18-24(31)29-14-11-25(32)30-15-13-28(34)12-6-5-8-21(28)17-30/h9-10,16,21,34H,3-8,11-15,17-18H2,1-2H3,(H,29,31). The summed E-state index contributed by atoms with van der Waals surface area (Å²) in [6, 6.07) is 5.22. The van der Waals surface area contributed by atoms with E-state index in [9.17, 15) is 19.5 Å². The summed E-state index contributed by atoms with van der Waals surface area (Å²) in [7, 11) is 0. The maximum absolute atomic E-state index is 12.7. The van der Waals surface area contributed by atoms with Crippen molar-refractivity contribution in [2.45, 2.75) is 77.2 Å². The van der Waals surface area contributed by atoms with Gasteiger partial charge in [-0.25, -0.2) is 4.79 Å². The summed E-state index contributed by atoms with van der Waals surface area (Å²) in [5, 5.41) is 14.4. The lowest BCUT2D eigenvalue weighted by Gasteiger charge is -2.47. The summed E-state index contributed by atoms with van der Waals surface area (Å²) in [6.07, 6.45) is 7.63. The van der Waals surface area contributed by atoms with Crippen LogP contribution in [0.1, 0.15) is 69.4 Å². The fourth-order valence-corrected chi connectivity index (χ4v) is 5.60. The van der Waals surface area contributed by atoms with Crippen LogP contribution in [0.25, 0.3) is 11.0 Å². The molecule has 8 heteroatoms. The van der Waals surface area contributed by atoms with Gasteiger partial charge in [0.1, 0.15) is 11.3 Å². The number of likely N-dealkylation sites (tertiary alicyclic amines) is 1. The molecule has 2 aliphatic rings. The van der Waals surface area contributed by atoms with E-state index in [2.05, 4.69) is 12.2 Å². The highest BCUT2D eigenvalue weighted by molar-refractivity contribution is 5.85. The van der Waals surface area contributed by atoms with Crippen LogP contribution in [0.5, 0.6) is 5.75 Å². The highest BCUT2D eigenvalue weighted by atomic mass is 16.5. The van der Waals surface area contributed by atoms with Crippen LogP contribution in [0.2, 0.25) is 0 Å². The van der Waals surface area contributed by atoms with E-state index in [-0.39, 0.29) is 37.3 Å². The smallest absolute Gasteiger partial charge is 0.336 e. The Morgan fingerprint density at radius 3 is 2.92 bits per heavy atom. The summed E-state index contributed by atoms with van der Waals surface area (Å²) in [5.74, 6) is 0.325. The molecule has 2 heterocycles. The van der Waals surface area contributed by atoms with Crippen LogP contribution in [0.3, 0.4) is 0 Å². The molecule has 8 nitrogen and oxygen atoms in total. The van der Waals surface area contributed by atoms with Gasteiger partial charge in [-0.15, -0.1) is 0 Å². The molecule has 1 aliphatic carbocycles. The molecule has 36 heavy (non-hydrogen) atoms. The molecule has 4 rings (SSSR count). The molecule has 2 amide bonds. The third kappa shape index (κ3) is 5.91. The van der Waals surface area contributed by atoms with Crippen molar-refractivity contribution < 1.29 is 23.8 Å². The molecule has 2 aromatic rings. The van der Waals surface area contributed by atoms with Crippen LogP contribution in [-0.4, -0.2) is 53.7 Å². The summed E-state index contributed by atoms with van der Waals surface area (Å²) in [4.78, 5) is 38.9. The van der Waals surface area contributed by atoms with Crippen molar-refractivity contribution >= 4 is 22.8 Å². The van der Waals surface area contributed by atoms with Crippen LogP contribution in [0, 0.1) is 12.8 Å². The fraction of sp³-hybridized carbons (Fsp3) is 0.607. The SMILES string of the molecule is CCCCc1cc(=O)oc2c(C)c(OCC(=O)NCCC(=O)N3CCC4(O)CCCCC4C3)ccc12. The van der Waals surface area contributed by atoms with Crippen molar-refractivity contribution in [2.24, 2.45) is 5.92 Å². The Balaban J connectivity index is 1.26. The largest absolute Gasteiger partial charge is 0.483 e. The maximum Gasteiger partial charge on any atom is 0.336 e. The zero-order valence-electron chi connectivity index (χ0n) is 21.4. The van der Waals surface area contributed by atoms with Crippen molar-refractivity contribution in [1.82, 2.24) is 10.2 Å². The summed E-state index contributed by atoms with van der Waals surface area (Å²) in [6.45, 7) is 5.13. The molecule has 0 radical (unpaired) electrons. The van der Waals surface area contributed by atoms with E-state index in [4.69, 9.17) is 9.15 Å². The molecule has 2 unspecified atom stereocenters. The fourth-order valence-electron chi connectivity index (χ4n) is 5.60. The number of aryl methyl sites for hydroxylation is 2. The number of amides is 2. The normalized spacial score (nSPS) is 21.8. The van der Waals surface area contributed by atoms with Gasteiger partial charge in [0.2, 0.25) is 5.91 Å². The van der Waals surface area contributed by atoms with E-state index in [1.54, 1.807) is 12.1 Å². The van der Waals surface area contributed by atoms with E-state index >= 15 is 0 Å². The first-order valence-corrected chi connectivity index (χ1v) is 13.3. The Bertz CT molecular complexity index is 1160. The molecule has 2 atom stereocenters. The lowest BCUT2D eigenvalue weighted by molar-refractivity contribution is -0.143. The number of fused-ring (bicyclic) bond motifs is 2. The molecule has 2 N–H and O–H groups in total. The van der Waals surface area contributed by atoms with Gasteiger partial charge in [-0.2, -0.15) is 0 Å². The molecular weight excluding hydrogens is 460 g/mol. The van der Waals surface area contributed by atoms with E-state index in [1.807, 2.05) is 17.9 Å². The molecule has 1 saturated heterocycles. The second-order valence-electron chi connectivity index (χ2n) is 10.3. The quantitative estimate of drug-likeness (QED) is 0.513. The topological polar surface area (TPSA) is 109 Å². The number of piperidine rings is 1. The highest BCUT2D eigenvalue weighted by Crippen LogP contribution is 2.39. The van der Waals surface area contributed by atoms with E-state index in [1.165, 1.54) is 0 Å². The Hall–Kier alpha value is -2.87. The second kappa shape index (κ2) is 11.5. The molecule has 0 bridgehead atoms. The van der Waals surface area contributed by atoms with Gasteiger partial charge in [0.05, 0.1) is 5.60 Å². The number of carbonyl (C=O) groups excluding carboxylic acids is 2. The van der Waals surface area contributed by atoms with Crippen molar-refractivity contribution in [3.8, 4) is 5.75 Å². The lowest BCUT2D eigenvalue weighted by Crippen LogP contribution is -2.54. The first-order valence-electron chi connectivity index (χ1n) is 13.3. The minimum absolute atomic E-state index is 0.00289. The third-order valence-electron chi connectivity index (χ3n) is 7.80. The predicted molar refractivity (Wildman–Crippen MR) is 137 cm³/mol. The maximum atomic E-state index is 12.7. The number of hydrogen-bond donors (Lipinski definition) is 2. The minimum Gasteiger partial charge on any atom is -0.483 e. The van der Waals surface area contributed by atoms with E-state index in [0.717, 1.165) is 55.9 Å². The summed E-state index contributed by atoms with van der Waals surface area (Å²) in [5.41, 5.74) is 1.13. The molecule has 0 spiro atoms. The van der Waals surface area contributed by atoms with Crippen molar-refractivity contribution in [3.63, 3.8) is 0 Å². The lowest BCUT2D eigenvalue weighted by atomic mass is 9.71. The molecule has 1 aromatic heterocycles. The average Bonchev–Trinajstić information content (AvgIpc) is 2.86. The van der Waals surface area contributed by atoms with E-state index in [0.29, 0.717) is 36.4 Å². The van der Waals surface area contributed by atoms with Gasteiger partial charge >= 0.3 is 5.63 Å².